The van der Waals surface area contributed by atoms with Gasteiger partial charge in [0, 0.05) is 11.6 Å². The number of hydrogen-bond acceptors (Lipinski definition) is 3. The number of nitrogens with zero attached hydrogens (tertiary/aromatic N) is 1. The van der Waals surface area contributed by atoms with Crippen LogP contribution in [0.15, 0.2) is 24.3 Å². The van der Waals surface area contributed by atoms with Crippen LogP contribution < -0.4 is 0 Å². The van der Waals surface area contributed by atoms with Crippen molar-refractivity contribution >= 4 is 23.5 Å². The maximum absolute atomic E-state index is 12.5. The molecule has 1 saturated heterocycles. The molecule has 1 atom stereocenters. The number of esters is 1. The van der Waals surface area contributed by atoms with Gasteiger partial charge in [0.15, 0.2) is 0 Å². The summed E-state index contributed by atoms with van der Waals surface area (Å²) < 4.78 is 5.08. The molecule has 2 rings (SSSR count). The second-order valence-corrected chi connectivity index (χ2v) is 5.59. The standard InChI is InChI=1S/C16H20ClNO3/c1-2-21-16(20)14-8-3-4-9-18(14)15(19)11-12-6-5-7-13(17)10-12/h5-7,10,14H,2-4,8-9,11H2,1H3. The monoisotopic (exact) mass is 309 g/mol. The lowest BCUT2D eigenvalue weighted by Gasteiger charge is -2.34. The summed E-state index contributed by atoms with van der Waals surface area (Å²) in [7, 11) is 0. The first-order valence-electron chi connectivity index (χ1n) is 7.32. The van der Waals surface area contributed by atoms with E-state index in [-0.39, 0.29) is 18.3 Å². The summed E-state index contributed by atoms with van der Waals surface area (Å²) in [6.45, 7) is 2.73. The minimum Gasteiger partial charge on any atom is -0.464 e. The van der Waals surface area contributed by atoms with Crippen LogP contribution in [0.4, 0.5) is 0 Å². The highest BCUT2D eigenvalue weighted by molar-refractivity contribution is 6.30. The lowest BCUT2D eigenvalue weighted by atomic mass is 10.0. The molecule has 1 aliphatic rings. The Morgan fingerprint density at radius 1 is 1.38 bits per heavy atom. The summed E-state index contributed by atoms with van der Waals surface area (Å²) in [5.74, 6) is -0.341. The van der Waals surface area contributed by atoms with Gasteiger partial charge in [-0.1, -0.05) is 23.7 Å². The summed E-state index contributed by atoms with van der Waals surface area (Å²) in [4.78, 5) is 26.1. The molecule has 5 heteroatoms. The van der Waals surface area contributed by atoms with Crippen LogP contribution in [0.5, 0.6) is 0 Å². The van der Waals surface area contributed by atoms with Crippen molar-refractivity contribution in [2.24, 2.45) is 0 Å². The van der Waals surface area contributed by atoms with Crippen molar-refractivity contribution in [2.45, 2.75) is 38.6 Å². The second-order valence-electron chi connectivity index (χ2n) is 5.16. The lowest BCUT2D eigenvalue weighted by molar-refractivity contribution is -0.156. The van der Waals surface area contributed by atoms with Crippen LogP contribution in [-0.4, -0.2) is 36.0 Å². The number of likely N-dealkylation sites (tertiary alicyclic amines) is 1. The molecule has 0 bridgehead atoms. The first-order chi connectivity index (χ1) is 10.1. The Morgan fingerprint density at radius 2 is 2.19 bits per heavy atom. The van der Waals surface area contributed by atoms with Crippen LogP contribution in [-0.2, 0) is 20.7 Å². The van der Waals surface area contributed by atoms with E-state index in [1.165, 1.54) is 0 Å². The Kier molecular flexibility index (Phi) is 5.62. The van der Waals surface area contributed by atoms with Crippen molar-refractivity contribution < 1.29 is 14.3 Å². The minimum atomic E-state index is -0.439. The summed E-state index contributed by atoms with van der Waals surface area (Å²) >= 11 is 5.94. The number of carbonyl (C=O) groups excluding carboxylic acids is 2. The van der Waals surface area contributed by atoms with Crippen LogP contribution in [0, 0.1) is 0 Å². The zero-order chi connectivity index (χ0) is 15.2. The van der Waals surface area contributed by atoms with Gasteiger partial charge in [-0.05, 0) is 43.9 Å². The summed E-state index contributed by atoms with van der Waals surface area (Å²) in [6.07, 6.45) is 2.82. The molecule has 1 amide bonds. The molecular formula is C16H20ClNO3. The smallest absolute Gasteiger partial charge is 0.328 e. The summed E-state index contributed by atoms with van der Waals surface area (Å²) in [5.41, 5.74) is 0.862. The molecule has 0 spiro atoms. The van der Waals surface area contributed by atoms with Crippen LogP contribution in [0.3, 0.4) is 0 Å². The SMILES string of the molecule is CCOC(=O)C1CCCCN1C(=O)Cc1cccc(Cl)c1. The minimum absolute atomic E-state index is 0.0463. The van der Waals surface area contributed by atoms with Crippen molar-refractivity contribution in [1.82, 2.24) is 4.90 Å². The average Bonchev–Trinajstić information content (AvgIpc) is 2.47. The molecule has 1 aromatic rings. The molecule has 114 valence electrons. The third-order valence-electron chi connectivity index (χ3n) is 3.63. The highest BCUT2D eigenvalue weighted by atomic mass is 35.5. The molecule has 21 heavy (non-hydrogen) atoms. The predicted octanol–water partition coefficient (Wildman–Crippen LogP) is 2.83. The first-order valence-corrected chi connectivity index (χ1v) is 7.70. The van der Waals surface area contributed by atoms with E-state index in [1.54, 1.807) is 24.0 Å². The number of piperidine rings is 1. The molecule has 1 fully saturated rings. The number of ether oxygens (including phenoxy) is 1. The zero-order valence-electron chi connectivity index (χ0n) is 12.2. The number of hydrogen-bond donors (Lipinski definition) is 0. The molecule has 0 radical (unpaired) electrons. The van der Waals surface area contributed by atoms with E-state index < -0.39 is 6.04 Å². The zero-order valence-corrected chi connectivity index (χ0v) is 12.9. The van der Waals surface area contributed by atoms with E-state index in [0.29, 0.717) is 24.6 Å². The van der Waals surface area contributed by atoms with E-state index >= 15 is 0 Å². The largest absolute Gasteiger partial charge is 0.464 e. The van der Waals surface area contributed by atoms with E-state index in [2.05, 4.69) is 0 Å². The van der Waals surface area contributed by atoms with Gasteiger partial charge in [-0.3, -0.25) is 4.79 Å². The van der Waals surface area contributed by atoms with Gasteiger partial charge in [0.2, 0.25) is 5.91 Å². The van der Waals surface area contributed by atoms with Crippen LogP contribution >= 0.6 is 11.6 Å². The number of carbonyl (C=O) groups is 2. The van der Waals surface area contributed by atoms with Gasteiger partial charge in [-0.15, -0.1) is 0 Å². The van der Waals surface area contributed by atoms with Crippen molar-refractivity contribution in [2.75, 3.05) is 13.2 Å². The van der Waals surface area contributed by atoms with Crippen LogP contribution in [0.25, 0.3) is 0 Å². The number of benzene rings is 1. The third kappa shape index (κ3) is 4.21. The van der Waals surface area contributed by atoms with Crippen molar-refractivity contribution in [3.63, 3.8) is 0 Å². The first kappa shape index (κ1) is 15.8. The van der Waals surface area contributed by atoms with E-state index in [1.807, 2.05) is 12.1 Å². The Bertz CT molecular complexity index is 518. The van der Waals surface area contributed by atoms with Gasteiger partial charge in [0.05, 0.1) is 13.0 Å². The maximum atomic E-state index is 12.5. The van der Waals surface area contributed by atoms with E-state index in [4.69, 9.17) is 16.3 Å². The molecule has 1 aliphatic heterocycles. The Balaban J connectivity index is 2.06. The quantitative estimate of drug-likeness (QED) is 0.804. The predicted molar refractivity (Wildman–Crippen MR) is 81.1 cm³/mol. The van der Waals surface area contributed by atoms with Crippen molar-refractivity contribution in [3.05, 3.63) is 34.9 Å². The number of rotatable bonds is 4. The van der Waals surface area contributed by atoms with Crippen molar-refractivity contribution in [3.8, 4) is 0 Å². The number of halogens is 1. The lowest BCUT2D eigenvalue weighted by Crippen LogP contribution is -2.49. The van der Waals surface area contributed by atoms with Crippen LogP contribution in [0.1, 0.15) is 31.7 Å². The van der Waals surface area contributed by atoms with Gasteiger partial charge in [-0.2, -0.15) is 0 Å². The highest BCUT2D eigenvalue weighted by Gasteiger charge is 2.32. The summed E-state index contributed by atoms with van der Waals surface area (Å²) in [5, 5.41) is 0.612. The van der Waals surface area contributed by atoms with Gasteiger partial charge in [0.25, 0.3) is 0 Å². The molecular weight excluding hydrogens is 290 g/mol. The highest BCUT2D eigenvalue weighted by Crippen LogP contribution is 2.20. The normalized spacial score (nSPS) is 18.4. The molecule has 1 unspecified atom stereocenters. The fourth-order valence-corrected chi connectivity index (χ4v) is 2.85. The van der Waals surface area contributed by atoms with Gasteiger partial charge in [0.1, 0.15) is 6.04 Å². The van der Waals surface area contributed by atoms with E-state index in [9.17, 15) is 9.59 Å². The second kappa shape index (κ2) is 7.46. The fraction of sp³-hybridized carbons (Fsp3) is 0.500. The van der Waals surface area contributed by atoms with Gasteiger partial charge in [-0.25, -0.2) is 4.79 Å². The maximum Gasteiger partial charge on any atom is 0.328 e. The molecule has 4 nitrogen and oxygen atoms in total. The molecule has 1 aromatic carbocycles. The van der Waals surface area contributed by atoms with E-state index in [0.717, 1.165) is 18.4 Å². The molecule has 0 aromatic heterocycles. The average molecular weight is 310 g/mol. The third-order valence-corrected chi connectivity index (χ3v) is 3.86. The Labute approximate surface area is 130 Å². The fourth-order valence-electron chi connectivity index (χ4n) is 2.64. The molecule has 0 N–H and O–H groups in total. The Morgan fingerprint density at radius 3 is 2.90 bits per heavy atom. The van der Waals surface area contributed by atoms with Crippen molar-refractivity contribution in [1.29, 1.82) is 0 Å². The summed E-state index contributed by atoms with van der Waals surface area (Å²) in [6, 6.07) is 6.81. The van der Waals surface area contributed by atoms with Gasteiger partial charge < -0.3 is 9.64 Å². The topological polar surface area (TPSA) is 46.6 Å². The number of amides is 1. The van der Waals surface area contributed by atoms with Gasteiger partial charge >= 0.3 is 5.97 Å². The Hall–Kier alpha value is -1.55. The van der Waals surface area contributed by atoms with Crippen LogP contribution in [0.2, 0.25) is 5.02 Å². The molecule has 0 aliphatic carbocycles. The molecule has 0 saturated carbocycles. The molecule has 1 heterocycles.